The number of carbonyl (C=O) groups excluding carboxylic acids is 1. The van der Waals surface area contributed by atoms with E-state index in [0.717, 1.165) is 39.6 Å². The molecule has 184 valence electrons. The fourth-order valence-corrected chi connectivity index (χ4v) is 6.96. The van der Waals surface area contributed by atoms with Gasteiger partial charge in [0, 0.05) is 33.9 Å². The van der Waals surface area contributed by atoms with Crippen molar-refractivity contribution < 1.29 is 19.0 Å². The van der Waals surface area contributed by atoms with Gasteiger partial charge in [-0.1, -0.05) is 22.6 Å². The number of hydrogen-bond acceptors (Lipinski definition) is 7. The summed E-state index contributed by atoms with van der Waals surface area (Å²) < 4.78 is 18.5. The third kappa shape index (κ3) is 4.78. The van der Waals surface area contributed by atoms with Gasteiger partial charge < -0.3 is 19.1 Å². The molecule has 34 heavy (non-hydrogen) atoms. The Hall–Kier alpha value is -1.15. The average molecular weight is 692 g/mol. The molecule has 3 saturated heterocycles. The predicted octanol–water partition coefficient (Wildman–Crippen LogP) is 5.00. The smallest absolute Gasteiger partial charge is 0.411 e. The van der Waals surface area contributed by atoms with Crippen LogP contribution in [0.25, 0.3) is 10.9 Å². The van der Waals surface area contributed by atoms with E-state index in [4.69, 9.17) is 19.2 Å². The monoisotopic (exact) mass is 692 g/mol. The second-order valence-corrected chi connectivity index (χ2v) is 13.2. The van der Waals surface area contributed by atoms with Crippen LogP contribution in [0.1, 0.15) is 40.5 Å². The zero-order chi connectivity index (χ0) is 24.3. The molecule has 4 aliphatic rings. The van der Waals surface area contributed by atoms with Crippen molar-refractivity contribution >= 4 is 67.9 Å². The normalized spacial score (nSPS) is 28.7. The quantitative estimate of drug-likeness (QED) is 0.254. The van der Waals surface area contributed by atoms with Crippen molar-refractivity contribution in [1.82, 2.24) is 14.9 Å². The highest BCUT2D eigenvalue weighted by atomic mass is 127. The van der Waals surface area contributed by atoms with Gasteiger partial charge in [-0.2, -0.15) is 4.98 Å². The molecular weight excluding hydrogens is 662 g/mol. The Kier molecular flexibility index (Phi) is 6.54. The van der Waals surface area contributed by atoms with E-state index in [-0.39, 0.29) is 21.8 Å². The second kappa shape index (κ2) is 9.06. The maximum atomic E-state index is 12.8. The summed E-state index contributed by atoms with van der Waals surface area (Å²) in [5.41, 5.74) is 1.31. The van der Waals surface area contributed by atoms with Gasteiger partial charge in [-0.15, -0.1) is 0 Å². The van der Waals surface area contributed by atoms with Crippen LogP contribution < -0.4 is 9.64 Å². The first-order valence-electron chi connectivity index (χ1n) is 11.7. The first kappa shape index (κ1) is 24.5. The molecule has 0 spiro atoms. The molecule has 0 unspecified atom stereocenters. The van der Waals surface area contributed by atoms with Crippen LogP contribution in [0.4, 0.5) is 10.5 Å². The summed E-state index contributed by atoms with van der Waals surface area (Å²) >= 11 is 4.64. The summed E-state index contributed by atoms with van der Waals surface area (Å²) in [5, 5.41) is 0.986. The number of anilines is 1. The Labute approximate surface area is 227 Å². The van der Waals surface area contributed by atoms with Crippen LogP contribution in [0.5, 0.6) is 6.01 Å². The minimum absolute atomic E-state index is 0.000300. The van der Waals surface area contributed by atoms with Gasteiger partial charge in [0.25, 0.3) is 0 Å². The van der Waals surface area contributed by atoms with E-state index in [1.54, 1.807) is 0 Å². The van der Waals surface area contributed by atoms with Gasteiger partial charge in [-0.3, -0.25) is 4.90 Å². The van der Waals surface area contributed by atoms with Gasteiger partial charge in [0.15, 0.2) is 0 Å². The first-order chi connectivity index (χ1) is 16.0. The third-order valence-corrected chi connectivity index (χ3v) is 8.51. The van der Waals surface area contributed by atoms with Crippen molar-refractivity contribution in [3.63, 3.8) is 0 Å². The molecule has 8 nitrogen and oxygen atoms in total. The van der Waals surface area contributed by atoms with E-state index in [1.165, 1.54) is 0 Å². The number of nitrogens with zero attached hydrogens (tertiary/aromatic N) is 4. The Bertz CT molecular complexity index is 1080. The highest BCUT2D eigenvalue weighted by molar-refractivity contribution is 14.1. The Balaban J connectivity index is 1.34. The maximum Gasteiger partial charge on any atom is 0.411 e. The number of halogens is 2. The number of fused-ring (bicyclic) bond motifs is 2. The molecular formula is C24H30I2N4O4. The van der Waals surface area contributed by atoms with Crippen molar-refractivity contribution in [2.45, 2.75) is 61.8 Å². The summed E-state index contributed by atoms with van der Waals surface area (Å²) in [6, 6.07) is 4.59. The lowest BCUT2D eigenvalue weighted by Crippen LogP contribution is -2.58. The van der Waals surface area contributed by atoms with E-state index in [2.05, 4.69) is 74.1 Å². The van der Waals surface area contributed by atoms with E-state index >= 15 is 0 Å². The maximum absolute atomic E-state index is 12.8. The van der Waals surface area contributed by atoms with Crippen LogP contribution in [0.2, 0.25) is 0 Å². The fourth-order valence-electron chi connectivity index (χ4n) is 5.11. The fraction of sp³-hybridized carbons (Fsp3) is 0.625. The third-order valence-electron chi connectivity index (χ3n) is 6.64. The molecule has 1 saturated carbocycles. The largest absolute Gasteiger partial charge is 0.460 e. The molecule has 4 heterocycles. The molecule has 2 bridgehead atoms. The molecule has 10 heteroatoms. The number of carbonyl (C=O) groups is 1. The zero-order valence-corrected chi connectivity index (χ0v) is 24.2. The highest BCUT2D eigenvalue weighted by Crippen LogP contribution is 2.48. The summed E-state index contributed by atoms with van der Waals surface area (Å²) in [6.45, 7) is 10.5. The van der Waals surface area contributed by atoms with E-state index in [9.17, 15) is 4.79 Å². The predicted molar refractivity (Wildman–Crippen MR) is 147 cm³/mol. The second-order valence-electron chi connectivity index (χ2n) is 10.6. The average Bonchev–Trinajstić information content (AvgIpc) is 3.32. The lowest BCUT2D eigenvalue weighted by atomic mass is 9.75. The minimum atomic E-state index is -0.516. The van der Waals surface area contributed by atoms with Crippen molar-refractivity contribution in [3.8, 4) is 6.01 Å². The number of benzene rings is 1. The van der Waals surface area contributed by atoms with Crippen LogP contribution in [0, 0.1) is 9.49 Å². The van der Waals surface area contributed by atoms with Crippen LogP contribution in [-0.4, -0.2) is 68.6 Å². The summed E-state index contributed by atoms with van der Waals surface area (Å²) in [7, 11) is 0. The van der Waals surface area contributed by atoms with Gasteiger partial charge in [-0.05, 0) is 81.2 Å². The van der Waals surface area contributed by atoms with Gasteiger partial charge in [-0.25, -0.2) is 9.78 Å². The number of rotatable bonds is 4. The summed E-state index contributed by atoms with van der Waals surface area (Å²) in [5.74, 6) is 0.699. The number of ether oxygens (including phenoxy) is 3. The van der Waals surface area contributed by atoms with Crippen molar-refractivity contribution in [3.05, 3.63) is 21.9 Å². The van der Waals surface area contributed by atoms with Crippen LogP contribution in [0.15, 0.2) is 18.3 Å². The van der Waals surface area contributed by atoms with Gasteiger partial charge in [0.1, 0.15) is 21.9 Å². The van der Waals surface area contributed by atoms with Crippen molar-refractivity contribution in [2.24, 2.45) is 5.92 Å². The molecule has 1 aromatic carbocycles. The molecule has 1 aliphatic carbocycles. The molecule has 3 aliphatic heterocycles. The van der Waals surface area contributed by atoms with Crippen LogP contribution in [0.3, 0.4) is 0 Å². The topological polar surface area (TPSA) is 77.0 Å². The zero-order valence-electron chi connectivity index (χ0n) is 19.9. The number of aromatic nitrogens is 2. The molecule has 0 N–H and O–H groups in total. The Morgan fingerprint density at radius 3 is 2.71 bits per heavy atom. The molecule has 4 fully saturated rings. The first-order valence-corrected chi connectivity index (χ1v) is 14.0. The Morgan fingerprint density at radius 2 is 2.06 bits per heavy atom. The van der Waals surface area contributed by atoms with Crippen molar-refractivity contribution in [1.29, 1.82) is 0 Å². The van der Waals surface area contributed by atoms with Crippen LogP contribution in [-0.2, 0) is 9.47 Å². The van der Waals surface area contributed by atoms with E-state index < -0.39 is 5.60 Å². The molecule has 2 atom stereocenters. The highest BCUT2D eigenvalue weighted by Gasteiger charge is 2.52. The lowest BCUT2D eigenvalue weighted by Gasteiger charge is -2.44. The van der Waals surface area contributed by atoms with Gasteiger partial charge >= 0.3 is 12.1 Å². The minimum Gasteiger partial charge on any atom is -0.460 e. The van der Waals surface area contributed by atoms with Gasteiger partial charge in [0.05, 0.1) is 18.2 Å². The van der Waals surface area contributed by atoms with Crippen molar-refractivity contribution in [2.75, 3.05) is 31.2 Å². The number of piperazine rings is 1. The summed E-state index contributed by atoms with van der Waals surface area (Å²) in [4.78, 5) is 26.2. The molecule has 0 radical (unpaired) electrons. The standard InChI is InChI=1S/C24H30I2N4O4/c1-14-10-29(11-19(26)30(14)22(31)34-23(2,3)4)18-6-5-17(25)20-16(18)9-27-21(28-20)32-13-24-7-15(8-24)12-33-24/h5-6,9,14-15,19H,7-8,10-13H2,1-4H3/t14-,15?,19+,24?/m0/s1. The SMILES string of the molecule is C[C@H]1CN(c2ccc(I)c3nc(OCC45CC(CO4)C5)ncc23)C[C@H](I)N1C(=O)OC(C)(C)C. The molecule has 1 aromatic heterocycles. The molecule has 1 amide bonds. The van der Waals surface area contributed by atoms with E-state index in [0.29, 0.717) is 31.6 Å². The number of alkyl halides is 1. The summed E-state index contributed by atoms with van der Waals surface area (Å²) in [6.07, 6.45) is 3.75. The van der Waals surface area contributed by atoms with E-state index in [1.807, 2.05) is 31.9 Å². The Morgan fingerprint density at radius 1 is 1.29 bits per heavy atom. The number of amides is 1. The molecule has 2 aromatic rings. The lowest BCUT2D eigenvalue weighted by molar-refractivity contribution is -0.0379. The molecule has 6 rings (SSSR count). The van der Waals surface area contributed by atoms with Crippen LogP contribution >= 0.6 is 45.2 Å². The number of hydrogen-bond donors (Lipinski definition) is 0. The van der Waals surface area contributed by atoms with Gasteiger partial charge in [0.2, 0.25) is 0 Å².